The molecular formula is C22H28N4O4S. The van der Waals surface area contributed by atoms with Crippen molar-refractivity contribution < 1.29 is 18.0 Å². The van der Waals surface area contributed by atoms with E-state index in [1.807, 2.05) is 47.2 Å². The van der Waals surface area contributed by atoms with Crippen LogP contribution in [0.4, 0.5) is 0 Å². The summed E-state index contributed by atoms with van der Waals surface area (Å²) in [4.78, 5) is 33.2. The zero-order chi connectivity index (χ0) is 22.2. The molecular weight excluding hydrogens is 416 g/mol. The Labute approximate surface area is 182 Å². The number of rotatable bonds is 5. The van der Waals surface area contributed by atoms with Crippen LogP contribution in [0, 0.1) is 0 Å². The molecule has 0 bridgehead atoms. The lowest BCUT2D eigenvalue weighted by Gasteiger charge is -2.34. The van der Waals surface area contributed by atoms with Crippen molar-refractivity contribution in [2.75, 3.05) is 38.2 Å². The average Bonchev–Trinajstić information content (AvgIpc) is 3.12. The Bertz CT molecular complexity index is 1110. The van der Waals surface area contributed by atoms with E-state index in [4.69, 9.17) is 10.7 Å². The number of pyridine rings is 1. The van der Waals surface area contributed by atoms with Gasteiger partial charge in [-0.1, -0.05) is 18.2 Å². The summed E-state index contributed by atoms with van der Waals surface area (Å²) in [6.45, 7) is 1.37. The van der Waals surface area contributed by atoms with Crippen LogP contribution in [-0.4, -0.2) is 79.2 Å². The third kappa shape index (κ3) is 4.72. The predicted molar refractivity (Wildman–Crippen MR) is 119 cm³/mol. The molecule has 0 aliphatic carbocycles. The number of hydrogen-bond acceptors (Lipinski definition) is 6. The summed E-state index contributed by atoms with van der Waals surface area (Å²) in [5.74, 6) is -0.0918. The summed E-state index contributed by atoms with van der Waals surface area (Å²) in [5, 5.41) is 0.879. The van der Waals surface area contributed by atoms with Gasteiger partial charge in [0.1, 0.15) is 0 Å². The fourth-order valence-corrected chi connectivity index (χ4v) is 6.41. The minimum absolute atomic E-state index is 0.00634. The molecule has 0 saturated carbocycles. The third-order valence-electron chi connectivity index (χ3n) is 6.47. The minimum Gasteiger partial charge on any atom is -0.366 e. The van der Waals surface area contributed by atoms with Gasteiger partial charge in [-0.05, 0) is 38.4 Å². The van der Waals surface area contributed by atoms with Gasteiger partial charge in [0, 0.05) is 30.4 Å². The number of amides is 2. The molecule has 3 heterocycles. The first-order valence-corrected chi connectivity index (χ1v) is 12.4. The van der Waals surface area contributed by atoms with E-state index in [9.17, 15) is 18.0 Å². The van der Waals surface area contributed by atoms with Gasteiger partial charge in [0.25, 0.3) is 5.91 Å². The summed E-state index contributed by atoms with van der Waals surface area (Å²) in [5.41, 5.74) is 7.62. The Hall–Kier alpha value is -2.52. The first-order valence-electron chi connectivity index (χ1n) is 10.6. The molecule has 4 rings (SSSR count). The largest absolute Gasteiger partial charge is 0.366 e. The lowest BCUT2D eigenvalue weighted by molar-refractivity contribution is -0.133. The Balaban J connectivity index is 1.41. The van der Waals surface area contributed by atoms with Gasteiger partial charge in [-0.3, -0.25) is 19.5 Å². The zero-order valence-corrected chi connectivity index (χ0v) is 18.5. The molecule has 2 fully saturated rings. The average molecular weight is 445 g/mol. The van der Waals surface area contributed by atoms with E-state index >= 15 is 0 Å². The molecule has 0 radical (unpaired) electrons. The van der Waals surface area contributed by atoms with E-state index < -0.39 is 15.7 Å². The highest BCUT2D eigenvalue weighted by molar-refractivity contribution is 7.91. The molecule has 31 heavy (non-hydrogen) atoms. The SMILES string of the molecule is CN(CC(=O)N1CCC(c2nc3ccccc3cc2C(N)=O)CC1)C1CCS(=O)(=O)C1. The van der Waals surface area contributed by atoms with Gasteiger partial charge in [-0.2, -0.15) is 0 Å². The lowest BCUT2D eigenvalue weighted by atomic mass is 9.89. The number of fused-ring (bicyclic) bond motifs is 1. The monoisotopic (exact) mass is 444 g/mol. The fourth-order valence-electron chi connectivity index (χ4n) is 4.61. The molecule has 0 spiro atoms. The Morgan fingerprint density at radius 1 is 1.19 bits per heavy atom. The first kappa shape index (κ1) is 21.7. The molecule has 2 amide bonds. The summed E-state index contributed by atoms with van der Waals surface area (Å²) < 4.78 is 23.4. The molecule has 1 unspecified atom stereocenters. The van der Waals surface area contributed by atoms with Crippen molar-refractivity contribution in [3.8, 4) is 0 Å². The van der Waals surface area contributed by atoms with Crippen LogP contribution >= 0.6 is 0 Å². The van der Waals surface area contributed by atoms with Gasteiger partial charge >= 0.3 is 0 Å². The number of likely N-dealkylation sites (tertiary alicyclic amines) is 1. The number of sulfone groups is 1. The highest BCUT2D eigenvalue weighted by Crippen LogP contribution is 2.31. The van der Waals surface area contributed by atoms with Crippen LogP contribution in [0.3, 0.4) is 0 Å². The van der Waals surface area contributed by atoms with Crippen molar-refractivity contribution in [2.24, 2.45) is 5.73 Å². The van der Waals surface area contributed by atoms with Crippen molar-refractivity contribution in [3.05, 3.63) is 41.6 Å². The number of piperidine rings is 1. The minimum atomic E-state index is -2.98. The maximum absolute atomic E-state index is 12.8. The van der Waals surface area contributed by atoms with Gasteiger partial charge in [0.15, 0.2) is 9.84 Å². The number of aromatic nitrogens is 1. The van der Waals surface area contributed by atoms with Crippen LogP contribution in [0.1, 0.15) is 41.2 Å². The van der Waals surface area contributed by atoms with Gasteiger partial charge < -0.3 is 10.6 Å². The zero-order valence-electron chi connectivity index (χ0n) is 17.7. The number of nitrogens with zero attached hydrogens (tertiary/aromatic N) is 3. The number of primary amides is 1. The smallest absolute Gasteiger partial charge is 0.250 e. The Morgan fingerprint density at radius 3 is 2.55 bits per heavy atom. The van der Waals surface area contributed by atoms with Gasteiger partial charge in [-0.25, -0.2) is 8.42 Å². The molecule has 2 aliphatic heterocycles. The van der Waals surface area contributed by atoms with E-state index in [2.05, 4.69) is 0 Å². The van der Waals surface area contributed by atoms with Crippen molar-refractivity contribution in [2.45, 2.75) is 31.2 Å². The molecule has 9 heteroatoms. The molecule has 1 atom stereocenters. The van der Waals surface area contributed by atoms with Crippen LogP contribution < -0.4 is 5.73 Å². The topological polar surface area (TPSA) is 114 Å². The lowest BCUT2D eigenvalue weighted by Crippen LogP contribution is -2.45. The number of benzene rings is 1. The Morgan fingerprint density at radius 2 is 1.90 bits per heavy atom. The summed E-state index contributed by atoms with van der Waals surface area (Å²) >= 11 is 0. The highest BCUT2D eigenvalue weighted by atomic mass is 32.2. The standard InChI is InChI=1S/C22H28N4O4S/c1-25(17-8-11-31(29,30)14-17)13-20(27)26-9-6-15(7-10-26)21-18(22(23)28)12-16-4-2-3-5-19(16)24-21/h2-5,12,15,17H,6-11,13-14H2,1H3,(H2,23,28). The van der Waals surface area contributed by atoms with Gasteiger partial charge in [-0.15, -0.1) is 0 Å². The highest BCUT2D eigenvalue weighted by Gasteiger charge is 2.33. The summed E-state index contributed by atoms with van der Waals surface area (Å²) in [6.07, 6.45) is 2.00. The van der Waals surface area contributed by atoms with E-state index in [0.29, 0.717) is 43.6 Å². The second kappa shape index (κ2) is 8.55. The van der Waals surface area contributed by atoms with Crippen molar-refractivity contribution >= 4 is 32.6 Å². The van der Waals surface area contributed by atoms with Crippen LogP contribution in [-0.2, 0) is 14.6 Å². The second-order valence-electron chi connectivity index (χ2n) is 8.61. The fraction of sp³-hybridized carbons (Fsp3) is 0.500. The number of hydrogen-bond donors (Lipinski definition) is 1. The molecule has 8 nitrogen and oxygen atoms in total. The van der Waals surface area contributed by atoms with E-state index in [1.165, 1.54) is 0 Å². The number of likely N-dealkylation sites (N-methyl/N-ethyl adjacent to an activating group) is 1. The Kier molecular flexibility index (Phi) is 5.98. The van der Waals surface area contributed by atoms with Gasteiger partial charge in [0.2, 0.25) is 5.91 Å². The van der Waals surface area contributed by atoms with E-state index in [1.54, 1.807) is 0 Å². The number of nitrogens with two attached hydrogens (primary N) is 1. The van der Waals surface area contributed by atoms with Crippen LogP contribution in [0.25, 0.3) is 10.9 Å². The van der Waals surface area contributed by atoms with Gasteiger partial charge in [0.05, 0.1) is 34.8 Å². The predicted octanol–water partition coefficient (Wildman–Crippen LogP) is 1.16. The molecule has 2 N–H and O–H groups in total. The maximum atomic E-state index is 12.8. The van der Waals surface area contributed by atoms with E-state index in [0.717, 1.165) is 10.9 Å². The quantitative estimate of drug-likeness (QED) is 0.740. The molecule has 2 saturated heterocycles. The van der Waals surface area contributed by atoms with E-state index in [-0.39, 0.29) is 35.9 Å². The maximum Gasteiger partial charge on any atom is 0.250 e. The van der Waals surface area contributed by atoms with Crippen LogP contribution in [0.2, 0.25) is 0 Å². The number of carbonyl (C=O) groups is 2. The summed E-state index contributed by atoms with van der Waals surface area (Å²) in [6, 6.07) is 9.36. The number of para-hydroxylation sites is 1. The van der Waals surface area contributed by atoms with Crippen molar-refractivity contribution in [1.82, 2.24) is 14.8 Å². The molecule has 2 aliphatic rings. The molecule has 2 aromatic rings. The second-order valence-corrected chi connectivity index (χ2v) is 10.8. The van der Waals surface area contributed by atoms with Crippen molar-refractivity contribution in [3.63, 3.8) is 0 Å². The molecule has 1 aromatic carbocycles. The van der Waals surface area contributed by atoms with Crippen LogP contribution in [0.15, 0.2) is 30.3 Å². The molecule has 166 valence electrons. The summed E-state index contributed by atoms with van der Waals surface area (Å²) in [7, 11) is -1.16. The van der Waals surface area contributed by atoms with Crippen LogP contribution in [0.5, 0.6) is 0 Å². The number of carbonyl (C=O) groups excluding carboxylic acids is 2. The normalized spacial score (nSPS) is 21.6. The third-order valence-corrected chi connectivity index (χ3v) is 8.22. The first-order chi connectivity index (χ1) is 14.7. The van der Waals surface area contributed by atoms with Crippen molar-refractivity contribution in [1.29, 1.82) is 0 Å². The molecule has 1 aromatic heterocycles.